The average Bonchev–Trinajstić information content (AvgIpc) is 3.42. The number of rotatable bonds is 6. The predicted molar refractivity (Wildman–Crippen MR) is 103 cm³/mol. The normalized spacial score (nSPS) is 11.6. The third kappa shape index (κ3) is 4.21. The molecule has 0 aliphatic carbocycles. The molecule has 1 N–H and O–H groups in total. The topological polar surface area (TPSA) is 85.8 Å². The van der Waals surface area contributed by atoms with Gasteiger partial charge in [0.25, 0.3) is 11.8 Å². The number of amides is 1. The molecule has 0 saturated carbocycles. The Morgan fingerprint density at radius 1 is 1.28 bits per heavy atom. The number of anilines is 1. The van der Waals surface area contributed by atoms with E-state index in [4.69, 9.17) is 4.42 Å². The summed E-state index contributed by atoms with van der Waals surface area (Å²) in [7, 11) is 0. The zero-order valence-electron chi connectivity index (χ0n) is 15.2. The molecule has 29 heavy (non-hydrogen) atoms. The van der Waals surface area contributed by atoms with Gasteiger partial charge in [-0.1, -0.05) is 30.3 Å². The first kappa shape index (κ1) is 18.9. The molecule has 10 heteroatoms. The van der Waals surface area contributed by atoms with Crippen molar-refractivity contribution in [3.63, 3.8) is 0 Å². The van der Waals surface area contributed by atoms with Crippen LogP contribution in [0.1, 0.15) is 28.1 Å². The fraction of sp³-hybridized carbons (Fsp3) is 0.158. The highest BCUT2D eigenvalue weighted by molar-refractivity contribution is 7.09. The molecule has 3 heterocycles. The lowest BCUT2D eigenvalue weighted by atomic mass is 10.1. The van der Waals surface area contributed by atoms with Gasteiger partial charge in [-0.3, -0.25) is 9.48 Å². The molecule has 4 rings (SSSR count). The summed E-state index contributed by atoms with van der Waals surface area (Å²) in [6.45, 7) is 1.02. The maximum atomic E-state index is 13.3. The predicted octanol–water partition coefficient (Wildman–Crippen LogP) is 4.41. The second-order valence-corrected chi connectivity index (χ2v) is 7.21. The Kier molecular flexibility index (Phi) is 4.93. The van der Waals surface area contributed by atoms with Crippen molar-refractivity contribution in [2.24, 2.45) is 0 Å². The van der Waals surface area contributed by atoms with Crippen LogP contribution in [0.5, 0.6) is 0 Å². The van der Waals surface area contributed by atoms with E-state index in [0.29, 0.717) is 16.6 Å². The Hall–Kier alpha value is -3.40. The van der Waals surface area contributed by atoms with Crippen LogP contribution in [0.4, 0.5) is 14.6 Å². The lowest BCUT2D eigenvalue weighted by Gasteiger charge is -2.04. The summed E-state index contributed by atoms with van der Waals surface area (Å²) in [5, 5.41) is 8.72. The van der Waals surface area contributed by atoms with E-state index in [-0.39, 0.29) is 17.9 Å². The van der Waals surface area contributed by atoms with Gasteiger partial charge in [0.15, 0.2) is 23.7 Å². The van der Waals surface area contributed by atoms with Gasteiger partial charge >= 0.3 is 0 Å². The molecule has 4 aromatic rings. The maximum absolute atomic E-state index is 13.3. The molecular weight excluding hydrogens is 400 g/mol. The van der Waals surface area contributed by atoms with Crippen molar-refractivity contribution < 1.29 is 18.0 Å². The van der Waals surface area contributed by atoms with Gasteiger partial charge in [-0.05, 0) is 0 Å². The molecule has 0 radical (unpaired) electrons. The molecule has 0 bridgehead atoms. The largest absolute Gasteiger partial charge is 0.443 e. The molecule has 0 atom stereocenters. The van der Waals surface area contributed by atoms with Gasteiger partial charge in [0.05, 0.1) is 6.54 Å². The maximum Gasteiger partial charge on any atom is 0.287 e. The number of carbonyl (C=O) groups excluding carboxylic acids is 1. The highest BCUT2D eigenvalue weighted by Crippen LogP contribution is 2.28. The van der Waals surface area contributed by atoms with Crippen molar-refractivity contribution in [1.82, 2.24) is 19.7 Å². The molecule has 0 saturated heterocycles. The molecule has 7 nitrogen and oxygen atoms in total. The quantitative estimate of drug-likeness (QED) is 0.504. The number of hydrogen-bond acceptors (Lipinski definition) is 6. The van der Waals surface area contributed by atoms with Crippen LogP contribution in [0.3, 0.4) is 0 Å². The van der Waals surface area contributed by atoms with E-state index in [2.05, 4.69) is 20.4 Å². The van der Waals surface area contributed by atoms with Crippen molar-refractivity contribution in [1.29, 1.82) is 0 Å². The van der Waals surface area contributed by atoms with Gasteiger partial charge in [-0.25, -0.2) is 9.97 Å². The fourth-order valence-corrected chi connectivity index (χ4v) is 3.48. The number of aromatic nitrogens is 4. The number of nitrogens with zero attached hydrogens (tertiary/aromatic N) is 4. The Bertz CT molecular complexity index is 1130. The van der Waals surface area contributed by atoms with Crippen LogP contribution in [0.15, 0.2) is 58.8 Å². The van der Waals surface area contributed by atoms with E-state index < -0.39 is 11.8 Å². The van der Waals surface area contributed by atoms with E-state index >= 15 is 0 Å². The number of alkyl halides is 2. The van der Waals surface area contributed by atoms with E-state index in [1.54, 1.807) is 12.3 Å². The average molecular weight is 415 g/mol. The minimum Gasteiger partial charge on any atom is -0.443 e. The molecule has 1 aromatic carbocycles. The lowest BCUT2D eigenvalue weighted by molar-refractivity contribution is 0.0132. The van der Waals surface area contributed by atoms with Crippen LogP contribution in [-0.4, -0.2) is 25.7 Å². The Morgan fingerprint density at radius 3 is 2.79 bits per heavy atom. The summed E-state index contributed by atoms with van der Waals surface area (Å²) < 4.78 is 33.5. The van der Waals surface area contributed by atoms with Crippen LogP contribution >= 0.6 is 11.3 Å². The van der Waals surface area contributed by atoms with Crippen molar-refractivity contribution in [2.45, 2.75) is 19.4 Å². The summed E-state index contributed by atoms with van der Waals surface area (Å²) >= 11 is 1.13. The Labute approximate surface area is 168 Å². The fourth-order valence-electron chi connectivity index (χ4n) is 2.62. The van der Waals surface area contributed by atoms with E-state index in [1.807, 2.05) is 30.3 Å². The van der Waals surface area contributed by atoms with Crippen molar-refractivity contribution in [3.05, 3.63) is 70.8 Å². The SMILES string of the molecule is CC(F)(F)c1csc(Cn2ccc(NC(=O)c3ncoc3-c3ccccc3)n2)n1. The second-order valence-electron chi connectivity index (χ2n) is 6.26. The summed E-state index contributed by atoms with van der Waals surface area (Å²) in [5.41, 5.74) is 0.603. The van der Waals surface area contributed by atoms with Crippen molar-refractivity contribution in [2.75, 3.05) is 5.32 Å². The zero-order chi connectivity index (χ0) is 20.4. The van der Waals surface area contributed by atoms with E-state index in [9.17, 15) is 13.6 Å². The van der Waals surface area contributed by atoms with Gasteiger partial charge < -0.3 is 9.73 Å². The van der Waals surface area contributed by atoms with Gasteiger partial charge in [0.1, 0.15) is 10.7 Å². The molecule has 0 spiro atoms. The molecule has 0 aliphatic rings. The first-order valence-corrected chi connectivity index (χ1v) is 9.44. The number of carbonyl (C=O) groups is 1. The summed E-state index contributed by atoms with van der Waals surface area (Å²) in [6, 6.07) is 10.8. The van der Waals surface area contributed by atoms with Crippen LogP contribution in [0, 0.1) is 0 Å². The number of benzene rings is 1. The second kappa shape index (κ2) is 7.55. The first-order chi connectivity index (χ1) is 13.9. The monoisotopic (exact) mass is 415 g/mol. The first-order valence-electron chi connectivity index (χ1n) is 8.56. The van der Waals surface area contributed by atoms with Crippen LogP contribution in [0.2, 0.25) is 0 Å². The summed E-state index contributed by atoms with van der Waals surface area (Å²) in [5.74, 6) is -2.79. The Balaban J connectivity index is 1.45. The number of halogens is 2. The molecule has 0 aliphatic heterocycles. The van der Waals surface area contributed by atoms with E-state index in [1.165, 1.54) is 16.5 Å². The van der Waals surface area contributed by atoms with Crippen LogP contribution < -0.4 is 5.32 Å². The molecule has 3 aromatic heterocycles. The highest BCUT2D eigenvalue weighted by atomic mass is 32.1. The summed E-state index contributed by atoms with van der Waals surface area (Å²) in [4.78, 5) is 20.5. The molecule has 0 fully saturated rings. The van der Waals surface area contributed by atoms with Crippen molar-refractivity contribution >= 4 is 23.1 Å². The minimum absolute atomic E-state index is 0.139. The van der Waals surface area contributed by atoms with Crippen molar-refractivity contribution in [3.8, 4) is 11.3 Å². The van der Waals surface area contributed by atoms with Gasteiger partial charge in [-0.2, -0.15) is 13.9 Å². The van der Waals surface area contributed by atoms with Gasteiger partial charge in [-0.15, -0.1) is 11.3 Å². The van der Waals surface area contributed by atoms with Gasteiger partial charge in [0, 0.05) is 30.1 Å². The lowest BCUT2D eigenvalue weighted by Crippen LogP contribution is -2.14. The van der Waals surface area contributed by atoms with Crippen LogP contribution in [-0.2, 0) is 12.5 Å². The summed E-state index contributed by atoms with van der Waals surface area (Å²) in [6.07, 6.45) is 2.83. The number of thiazole rings is 1. The zero-order valence-corrected chi connectivity index (χ0v) is 16.0. The van der Waals surface area contributed by atoms with E-state index in [0.717, 1.165) is 23.8 Å². The third-order valence-electron chi connectivity index (χ3n) is 4.00. The van der Waals surface area contributed by atoms with Gasteiger partial charge in [0.2, 0.25) is 0 Å². The molecule has 148 valence electrons. The standard InChI is InChI=1S/C19H15F2N5O2S/c1-19(20,21)13-10-29-15(23-13)9-26-8-7-14(25-26)24-18(27)16-17(28-11-22-16)12-5-3-2-4-6-12/h2-8,10-11H,9H2,1H3,(H,24,25,27). The highest BCUT2D eigenvalue weighted by Gasteiger charge is 2.27. The number of oxazole rings is 1. The number of hydrogen-bond donors (Lipinski definition) is 1. The molecular formula is C19H15F2N5O2S. The smallest absolute Gasteiger partial charge is 0.287 e. The molecule has 0 unspecified atom stereocenters. The minimum atomic E-state index is -2.98. The third-order valence-corrected chi connectivity index (χ3v) is 4.83. The number of nitrogens with one attached hydrogen (secondary N) is 1. The van der Waals surface area contributed by atoms with Crippen LogP contribution in [0.25, 0.3) is 11.3 Å². The molecule has 1 amide bonds. The Morgan fingerprint density at radius 2 is 2.07 bits per heavy atom.